The van der Waals surface area contributed by atoms with Crippen LogP contribution < -0.4 is 5.32 Å². The van der Waals surface area contributed by atoms with Gasteiger partial charge in [-0.05, 0) is 29.5 Å². The minimum absolute atomic E-state index is 0.437. The molecule has 0 radical (unpaired) electrons. The third-order valence-corrected chi connectivity index (χ3v) is 3.99. The van der Waals surface area contributed by atoms with Crippen LogP contribution in [0.25, 0.3) is 11.0 Å². The second-order valence-electron chi connectivity index (χ2n) is 5.48. The van der Waals surface area contributed by atoms with Crippen molar-refractivity contribution in [1.82, 2.24) is 5.32 Å². The lowest BCUT2D eigenvalue weighted by Crippen LogP contribution is -2.19. The predicted octanol–water partition coefficient (Wildman–Crippen LogP) is 3.97. The average Bonchev–Trinajstić information content (AvgIpc) is 2.77. The van der Waals surface area contributed by atoms with E-state index in [2.05, 4.69) is 25.2 Å². The Balaban J connectivity index is 1.83. The fraction of sp³-hybridized carbons (Fsp3) is 0.429. The molecule has 1 aliphatic carbocycles. The fourth-order valence-corrected chi connectivity index (χ4v) is 2.53. The van der Waals surface area contributed by atoms with Crippen molar-refractivity contribution in [3.05, 3.63) is 35.0 Å². The molecule has 0 amide bonds. The highest BCUT2D eigenvalue weighted by Gasteiger charge is 2.45. The molecule has 0 aliphatic heterocycles. The lowest BCUT2D eigenvalue weighted by Gasteiger charge is -2.05. The van der Waals surface area contributed by atoms with Gasteiger partial charge in [-0.1, -0.05) is 32.0 Å². The van der Waals surface area contributed by atoms with Gasteiger partial charge in [0.25, 0.3) is 0 Å². The lowest BCUT2D eigenvalue weighted by molar-refractivity contribution is 0.538. The highest BCUT2D eigenvalue weighted by atomic mass is 35.5. The van der Waals surface area contributed by atoms with Crippen LogP contribution in [-0.2, 0) is 6.54 Å². The van der Waals surface area contributed by atoms with E-state index in [1.807, 2.05) is 18.2 Å². The Morgan fingerprint density at radius 2 is 2.12 bits per heavy atom. The van der Waals surface area contributed by atoms with E-state index in [9.17, 15) is 0 Å². The number of benzene rings is 1. The molecule has 1 saturated carbocycles. The Morgan fingerprint density at radius 1 is 1.41 bits per heavy atom. The van der Waals surface area contributed by atoms with Gasteiger partial charge in [0.05, 0.1) is 0 Å². The van der Waals surface area contributed by atoms with E-state index in [4.69, 9.17) is 16.0 Å². The third-order valence-electron chi connectivity index (χ3n) is 3.69. The molecule has 2 aromatic rings. The Labute approximate surface area is 106 Å². The summed E-state index contributed by atoms with van der Waals surface area (Å²) in [6.45, 7) is 5.34. The molecule has 1 unspecified atom stereocenters. The van der Waals surface area contributed by atoms with Crippen LogP contribution in [0.1, 0.15) is 25.8 Å². The number of hydrogen-bond acceptors (Lipinski definition) is 2. The first kappa shape index (κ1) is 11.1. The molecular formula is C14H16ClNO. The van der Waals surface area contributed by atoms with Crippen LogP contribution in [0, 0.1) is 5.41 Å². The smallest absolute Gasteiger partial charge is 0.199 e. The molecule has 3 rings (SSSR count). The largest absolute Gasteiger partial charge is 0.444 e. The summed E-state index contributed by atoms with van der Waals surface area (Å²) in [5, 5.41) is 5.16. The van der Waals surface area contributed by atoms with Gasteiger partial charge in [0.15, 0.2) is 5.22 Å². The molecule has 1 aliphatic rings. The summed E-state index contributed by atoms with van der Waals surface area (Å²) in [5.41, 5.74) is 2.38. The molecule has 0 saturated heterocycles. The van der Waals surface area contributed by atoms with E-state index in [-0.39, 0.29) is 0 Å². The number of hydrogen-bond donors (Lipinski definition) is 1. The Morgan fingerprint density at radius 3 is 2.82 bits per heavy atom. The molecule has 0 bridgehead atoms. The van der Waals surface area contributed by atoms with Crippen LogP contribution in [0.15, 0.2) is 28.7 Å². The molecular weight excluding hydrogens is 234 g/mol. The standard InChI is InChI=1S/C14H16ClNO/c1-14(2)7-12(14)16-8-10-9-5-3-4-6-11(9)17-13(10)15/h3-6,12,16H,7-8H2,1-2H3. The van der Waals surface area contributed by atoms with Crippen LogP contribution >= 0.6 is 11.6 Å². The maximum Gasteiger partial charge on any atom is 0.199 e. The van der Waals surface area contributed by atoms with Crippen LogP contribution in [0.5, 0.6) is 0 Å². The van der Waals surface area contributed by atoms with Gasteiger partial charge >= 0.3 is 0 Å². The number of fused-ring (bicyclic) bond motifs is 1. The molecule has 1 atom stereocenters. The minimum Gasteiger partial charge on any atom is -0.444 e. The SMILES string of the molecule is CC1(C)CC1NCc1c(Cl)oc2ccccc12. The topological polar surface area (TPSA) is 25.2 Å². The number of rotatable bonds is 3. The molecule has 1 aromatic carbocycles. The summed E-state index contributed by atoms with van der Waals surface area (Å²) in [4.78, 5) is 0. The normalized spacial score (nSPS) is 21.9. The van der Waals surface area contributed by atoms with Gasteiger partial charge in [-0.3, -0.25) is 0 Å². The summed E-state index contributed by atoms with van der Waals surface area (Å²) in [6, 6.07) is 8.58. The zero-order valence-electron chi connectivity index (χ0n) is 10.1. The Hall–Kier alpha value is -0.990. The van der Waals surface area contributed by atoms with Crippen LogP contribution in [-0.4, -0.2) is 6.04 Å². The summed E-state index contributed by atoms with van der Waals surface area (Å²) < 4.78 is 5.53. The molecule has 3 heteroatoms. The number of furan rings is 1. The van der Waals surface area contributed by atoms with Crippen molar-refractivity contribution in [3.8, 4) is 0 Å². The molecule has 2 nitrogen and oxygen atoms in total. The van der Waals surface area contributed by atoms with Crippen molar-refractivity contribution in [2.24, 2.45) is 5.41 Å². The van der Waals surface area contributed by atoms with Crippen LogP contribution in [0.2, 0.25) is 5.22 Å². The van der Waals surface area contributed by atoms with Gasteiger partial charge in [0.1, 0.15) is 5.58 Å². The summed E-state index contributed by atoms with van der Waals surface area (Å²) in [6.07, 6.45) is 1.24. The molecule has 17 heavy (non-hydrogen) atoms. The van der Waals surface area contributed by atoms with E-state index < -0.39 is 0 Å². The maximum absolute atomic E-state index is 6.14. The summed E-state index contributed by atoms with van der Waals surface area (Å²) in [7, 11) is 0. The van der Waals surface area contributed by atoms with E-state index in [1.54, 1.807) is 0 Å². The van der Waals surface area contributed by atoms with Crippen molar-refractivity contribution < 1.29 is 4.42 Å². The van der Waals surface area contributed by atoms with Gasteiger partial charge in [0, 0.05) is 23.5 Å². The number of nitrogens with one attached hydrogen (secondary N) is 1. The van der Waals surface area contributed by atoms with Crippen LogP contribution in [0.4, 0.5) is 0 Å². The van der Waals surface area contributed by atoms with E-state index >= 15 is 0 Å². The lowest BCUT2D eigenvalue weighted by atomic mass is 10.1. The number of para-hydroxylation sites is 1. The summed E-state index contributed by atoms with van der Waals surface area (Å²) in [5.74, 6) is 0. The Bertz CT molecular complexity index is 558. The van der Waals surface area contributed by atoms with Crippen molar-refractivity contribution in [1.29, 1.82) is 0 Å². The zero-order chi connectivity index (χ0) is 12.0. The van der Waals surface area contributed by atoms with Gasteiger partial charge in [-0.25, -0.2) is 0 Å². The first-order valence-corrected chi connectivity index (χ1v) is 6.35. The van der Waals surface area contributed by atoms with Crippen LogP contribution in [0.3, 0.4) is 0 Å². The molecule has 0 spiro atoms. The first-order valence-electron chi connectivity index (χ1n) is 5.97. The fourth-order valence-electron chi connectivity index (χ4n) is 2.27. The van der Waals surface area contributed by atoms with Gasteiger partial charge < -0.3 is 9.73 Å². The van der Waals surface area contributed by atoms with E-state index in [1.165, 1.54) is 6.42 Å². The molecule has 1 N–H and O–H groups in total. The van der Waals surface area contributed by atoms with Gasteiger partial charge in [-0.15, -0.1) is 0 Å². The first-order chi connectivity index (χ1) is 8.08. The van der Waals surface area contributed by atoms with Crippen molar-refractivity contribution in [2.45, 2.75) is 32.9 Å². The molecule has 1 heterocycles. The van der Waals surface area contributed by atoms with Gasteiger partial charge in [0.2, 0.25) is 0 Å². The zero-order valence-corrected chi connectivity index (χ0v) is 10.8. The second kappa shape index (κ2) is 3.76. The van der Waals surface area contributed by atoms with Crippen molar-refractivity contribution in [2.75, 3.05) is 0 Å². The second-order valence-corrected chi connectivity index (χ2v) is 5.82. The average molecular weight is 250 g/mol. The van der Waals surface area contributed by atoms with Crippen molar-refractivity contribution in [3.63, 3.8) is 0 Å². The molecule has 90 valence electrons. The minimum atomic E-state index is 0.437. The highest BCUT2D eigenvalue weighted by molar-refractivity contribution is 6.30. The van der Waals surface area contributed by atoms with E-state index in [0.717, 1.165) is 23.1 Å². The summed E-state index contributed by atoms with van der Waals surface area (Å²) >= 11 is 6.14. The molecule has 1 aromatic heterocycles. The van der Waals surface area contributed by atoms with Crippen molar-refractivity contribution >= 4 is 22.6 Å². The molecule has 1 fully saturated rings. The highest BCUT2D eigenvalue weighted by Crippen LogP contribution is 2.45. The van der Waals surface area contributed by atoms with Gasteiger partial charge in [-0.2, -0.15) is 0 Å². The van der Waals surface area contributed by atoms with E-state index in [0.29, 0.717) is 16.7 Å². The maximum atomic E-state index is 6.14. The Kier molecular flexibility index (Phi) is 2.46. The number of halogens is 1. The predicted molar refractivity (Wildman–Crippen MR) is 70.2 cm³/mol. The third kappa shape index (κ3) is 1.96. The quantitative estimate of drug-likeness (QED) is 0.890. The monoisotopic (exact) mass is 249 g/mol.